The zero-order chi connectivity index (χ0) is 17.0. The van der Waals surface area contributed by atoms with Crippen LogP contribution in [0.4, 0.5) is 0 Å². The lowest BCUT2D eigenvalue weighted by Crippen LogP contribution is -2.41. The van der Waals surface area contributed by atoms with Crippen molar-refractivity contribution in [2.24, 2.45) is 10.9 Å². The highest BCUT2D eigenvalue weighted by atomic mass is 16.5. The van der Waals surface area contributed by atoms with Crippen LogP contribution in [0.2, 0.25) is 0 Å². The molecule has 24 heavy (non-hydrogen) atoms. The fraction of sp³-hybridized carbons (Fsp3) is 0.944. The smallest absolute Gasteiger partial charge is 0.191 e. The van der Waals surface area contributed by atoms with Crippen LogP contribution in [0.3, 0.4) is 0 Å². The van der Waals surface area contributed by atoms with E-state index in [4.69, 9.17) is 9.73 Å². The molecular weight excluding hydrogens is 302 g/mol. The maximum atomic E-state index is 5.39. The Balaban J connectivity index is 1.61. The SMILES string of the molecule is CCNC(=NCC(C)CN1CCCC1)NCCCN1CCOCC1. The molecule has 2 aliphatic rings. The highest BCUT2D eigenvalue weighted by molar-refractivity contribution is 5.79. The van der Waals surface area contributed by atoms with E-state index in [-0.39, 0.29) is 0 Å². The summed E-state index contributed by atoms with van der Waals surface area (Å²) in [6.45, 7) is 16.0. The standard InChI is InChI=1S/C18H37N5O/c1-3-19-18(20-7-6-10-22-11-13-24-14-12-22)21-15-17(2)16-23-8-4-5-9-23/h17H,3-16H2,1-2H3,(H2,19,20,21). The van der Waals surface area contributed by atoms with E-state index in [0.717, 1.165) is 64.9 Å². The van der Waals surface area contributed by atoms with Crippen molar-refractivity contribution in [1.82, 2.24) is 20.4 Å². The first-order chi connectivity index (χ1) is 11.8. The van der Waals surface area contributed by atoms with E-state index in [0.29, 0.717) is 5.92 Å². The minimum atomic E-state index is 0.618. The van der Waals surface area contributed by atoms with Gasteiger partial charge in [0.25, 0.3) is 0 Å². The van der Waals surface area contributed by atoms with Crippen molar-refractivity contribution in [2.75, 3.05) is 72.1 Å². The number of nitrogens with zero attached hydrogens (tertiary/aromatic N) is 3. The number of morpholine rings is 1. The largest absolute Gasteiger partial charge is 0.379 e. The fourth-order valence-electron chi connectivity index (χ4n) is 3.39. The Morgan fingerprint density at radius 3 is 2.54 bits per heavy atom. The molecule has 0 amide bonds. The van der Waals surface area contributed by atoms with Crippen molar-refractivity contribution in [3.05, 3.63) is 0 Å². The molecule has 0 aliphatic carbocycles. The minimum absolute atomic E-state index is 0.618. The molecule has 0 radical (unpaired) electrons. The summed E-state index contributed by atoms with van der Waals surface area (Å²) in [6.07, 6.45) is 3.88. The van der Waals surface area contributed by atoms with Crippen LogP contribution in [0.15, 0.2) is 4.99 Å². The van der Waals surface area contributed by atoms with Crippen LogP contribution >= 0.6 is 0 Å². The second kappa shape index (κ2) is 11.7. The van der Waals surface area contributed by atoms with Crippen molar-refractivity contribution >= 4 is 5.96 Å². The molecule has 1 unspecified atom stereocenters. The Labute approximate surface area is 148 Å². The van der Waals surface area contributed by atoms with Gasteiger partial charge in [0, 0.05) is 39.3 Å². The Hall–Kier alpha value is -0.850. The van der Waals surface area contributed by atoms with Gasteiger partial charge in [0.2, 0.25) is 0 Å². The average molecular weight is 340 g/mol. The molecular formula is C18H37N5O. The molecule has 6 nitrogen and oxygen atoms in total. The number of hydrogen-bond acceptors (Lipinski definition) is 4. The van der Waals surface area contributed by atoms with Crippen LogP contribution in [0, 0.1) is 5.92 Å². The number of ether oxygens (including phenoxy) is 1. The number of aliphatic imine (C=N–C) groups is 1. The second-order valence-electron chi connectivity index (χ2n) is 7.07. The third-order valence-corrected chi connectivity index (χ3v) is 4.72. The van der Waals surface area contributed by atoms with Crippen molar-refractivity contribution < 1.29 is 4.74 Å². The van der Waals surface area contributed by atoms with Crippen LogP contribution in [-0.4, -0.2) is 87.9 Å². The van der Waals surface area contributed by atoms with Gasteiger partial charge in [-0.15, -0.1) is 0 Å². The molecule has 6 heteroatoms. The molecule has 2 fully saturated rings. The number of guanidine groups is 1. The number of likely N-dealkylation sites (tertiary alicyclic amines) is 1. The van der Waals surface area contributed by atoms with Gasteiger partial charge < -0.3 is 20.3 Å². The summed E-state index contributed by atoms with van der Waals surface area (Å²) in [5.41, 5.74) is 0. The normalized spacial score (nSPS) is 21.8. The minimum Gasteiger partial charge on any atom is -0.379 e. The van der Waals surface area contributed by atoms with Gasteiger partial charge in [-0.3, -0.25) is 9.89 Å². The Bertz CT molecular complexity index is 351. The third kappa shape index (κ3) is 7.81. The molecule has 0 aromatic rings. The molecule has 2 rings (SSSR count). The molecule has 0 saturated carbocycles. The van der Waals surface area contributed by atoms with Gasteiger partial charge in [0.15, 0.2) is 5.96 Å². The van der Waals surface area contributed by atoms with Gasteiger partial charge in [-0.2, -0.15) is 0 Å². The summed E-state index contributed by atoms with van der Waals surface area (Å²) in [4.78, 5) is 9.83. The van der Waals surface area contributed by atoms with Crippen molar-refractivity contribution in [2.45, 2.75) is 33.1 Å². The van der Waals surface area contributed by atoms with Gasteiger partial charge in [-0.25, -0.2) is 0 Å². The van der Waals surface area contributed by atoms with Gasteiger partial charge in [-0.05, 0) is 51.7 Å². The van der Waals surface area contributed by atoms with E-state index >= 15 is 0 Å². The van der Waals surface area contributed by atoms with E-state index < -0.39 is 0 Å². The third-order valence-electron chi connectivity index (χ3n) is 4.72. The lowest BCUT2D eigenvalue weighted by atomic mass is 10.2. The first-order valence-electron chi connectivity index (χ1n) is 9.82. The molecule has 0 spiro atoms. The highest BCUT2D eigenvalue weighted by Gasteiger charge is 2.14. The summed E-state index contributed by atoms with van der Waals surface area (Å²) in [7, 11) is 0. The summed E-state index contributed by atoms with van der Waals surface area (Å²) in [5.74, 6) is 1.58. The first kappa shape index (κ1) is 19.5. The maximum Gasteiger partial charge on any atom is 0.191 e. The molecule has 2 saturated heterocycles. The van der Waals surface area contributed by atoms with Crippen LogP contribution in [0.1, 0.15) is 33.1 Å². The van der Waals surface area contributed by atoms with Crippen LogP contribution in [-0.2, 0) is 4.74 Å². The molecule has 0 bridgehead atoms. The van der Waals surface area contributed by atoms with Crippen LogP contribution in [0.5, 0.6) is 0 Å². The van der Waals surface area contributed by atoms with Gasteiger partial charge in [0.05, 0.1) is 13.2 Å². The molecule has 0 aromatic heterocycles. The predicted octanol–water partition coefficient (Wildman–Crippen LogP) is 0.996. The Kier molecular flexibility index (Phi) is 9.46. The van der Waals surface area contributed by atoms with Gasteiger partial charge >= 0.3 is 0 Å². The molecule has 0 aromatic carbocycles. The zero-order valence-electron chi connectivity index (χ0n) is 15.7. The molecule has 2 aliphatic heterocycles. The highest BCUT2D eigenvalue weighted by Crippen LogP contribution is 2.10. The van der Waals surface area contributed by atoms with E-state index in [9.17, 15) is 0 Å². The molecule has 2 N–H and O–H groups in total. The van der Waals surface area contributed by atoms with Gasteiger partial charge in [-0.1, -0.05) is 6.92 Å². The summed E-state index contributed by atoms with van der Waals surface area (Å²) >= 11 is 0. The zero-order valence-corrected chi connectivity index (χ0v) is 15.7. The van der Waals surface area contributed by atoms with E-state index in [1.165, 1.54) is 32.5 Å². The van der Waals surface area contributed by atoms with Crippen molar-refractivity contribution in [3.8, 4) is 0 Å². The summed E-state index contributed by atoms with van der Waals surface area (Å²) in [6, 6.07) is 0. The average Bonchev–Trinajstić information content (AvgIpc) is 3.10. The number of rotatable bonds is 9. The summed E-state index contributed by atoms with van der Waals surface area (Å²) in [5, 5.41) is 6.84. The van der Waals surface area contributed by atoms with Crippen LogP contribution < -0.4 is 10.6 Å². The number of nitrogens with one attached hydrogen (secondary N) is 2. The Morgan fingerprint density at radius 2 is 1.83 bits per heavy atom. The Morgan fingerprint density at radius 1 is 1.08 bits per heavy atom. The predicted molar refractivity (Wildman–Crippen MR) is 101 cm³/mol. The number of hydrogen-bond donors (Lipinski definition) is 2. The lowest BCUT2D eigenvalue weighted by Gasteiger charge is -2.26. The molecule has 1 atom stereocenters. The van der Waals surface area contributed by atoms with Crippen molar-refractivity contribution in [1.29, 1.82) is 0 Å². The second-order valence-corrected chi connectivity index (χ2v) is 7.07. The van der Waals surface area contributed by atoms with Crippen molar-refractivity contribution in [3.63, 3.8) is 0 Å². The summed E-state index contributed by atoms with van der Waals surface area (Å²) < 4.78 is 5.39. The van der Waals surface area contributed by atoms with Gasteiger partial charge in [0.1, 0.15) is 0 Å². The lowest BCUT2D eigenvalue weighted by molar-refractivity contribution is 0.0376. The molecule has 140 valence electrons. The van der Waals surface area contributed by atoms with Crippen LogP contribution in [0.25, 0.3) is 0 Å². The van der Waals surface area contributed by atoms with E-state index in [2.05, 4.69) is 34.3 Å². The topological polar surface area (TPSA) is 52.1 Å². The fourth-order valence-corrected chi connectivity index (χ4v) is 3.39. The quantitative estimate of drug-likeness (QED) is 0.373. The maximum absolute atomic E-state index is 5.39. The van der Waals surface area contributed by atoms with E-state index in [1.807, 2.05) is 0 Å². The molecule has 2 heterocycles. The first-order valence-corrected chi connectivity index (χ1v) is 9.82. The van der Waals surface area contributed by atoms with E-state index in [1.54, 1.807) is 0 Å². The monoisotopic (exact) mass is 339 g/mol.